The Morgan fingerprint density at radius 3 is 2.55 bits per heavy atom. The van der Waals surface area contributed by atoms with E-state index in [0.29, 0.717) is 12.3 Å². The number of rotatable bonds is 4. The summed E-state index contributed by atoms with van der Waals surface area (Å²) in [5.41, 5.74) is 2.25. The summed E-state index contributed by atoms with van der Waals surface area (Å²) in [6.07, 6.45) is 5.52. The summed E-state index contributed by atoms with van der Waals surface area (Å²) in [6.45, 7) is 4.04. The predicted molar refractivity (Wildman–Crippen MR) is 82.3 cm³/mol. The van der Waals surface area contributed by atoms with Crippen molar-refractivity contribution in [3.05, 3.63) is 34.3 Å². The summed E-state index contributed by atoms with van der Waals surface area (Å²) in [4.78, 5) is 10.9. The number of halogens is 1. The van der Waals surface area contributed by atoms with Crippen molar-refractivity contribution in [1.29, 1.82) is 0 Å². The largest absolute Gasteiger partial charge is 0.481 e. The predicted octanol–water partition coefficient (Wildman–Crippen LogP) is 4.90. The van der Waals surface area contributed by atoms with Gasteiger partial charge < -0.3 is 5.11 Å². The molecular formula is C17H23ClO2. The van der Waals surface area contributed by atoms with Crippen molar-refractivity contribution in [3.8, 4) is 0 Å². The molecule has 3 heteroatoms. The van der Waals surface area contributed by atoms with Crippen LogP contribution in [0.1, 0.15) is 56.6 Å². The number of carboxylic acid groups (broad SMARTS) is 1. The van der Waals surface area contributed by atoms with Gasteiger partial charge in [-0.3, -0.25) is 4.79 Å². The number of carbonyl (C=O) groups is 1. The number of aliphatic carboxylic acids is 1. The molecule has 20 heavy (non-hydrogen) atoms. The van der Waals surface area contributed by atoms with Gasteiger partial charge in [-0.2, -0.15) is 0 Å². The Morgan fingerprint density at radius 2 is 2.00 bits per heavy atom. The van der Waals surface area contributed by atoms with Gasteiger partial charge in [0.15, 0.2) is 0 Å². The molecule has 0 spiro atoms. The maximum absolute atomic E-state index is 10.9. The van der Waals surface area contributed by atoms with Crippen LogP contribution in [0.4, 0.5) is 0 Å². The second-order valence-electron chi connectivity index (χ2n) is 6.26. The third kappa shape index (κ3) is 3.76. The third-order valence-electron chi connectivity index (χ3n) is 4.48. The molecular weight excluding hydrogens is 272 g/mol. The van der Waals surface area contributed by atoms with Crippen LogP contribution in [0.5, 0.6) is 0 Å². The van der Waals surface area contributed by atoms with Gasteiger partial charge in [0.2, 0.25) is 0 Å². The highest BCUT2D eigenvalue weighted by Crippen LogP contribution is 2.38. The highest BCUT2D eigenvalue weighted by Gasteiger charge is 2.22. The van der Waals surface area contributed by atoms with E-state index in [4.69, 9.17) is 16.7 Å². The molecule has 0 radical (unpaired) electrons. The summed E-state index contributed by atoms with van der Waals surface area (Å²) in [6, 6.07) is 6.10. The fraction of sp³-hybridized carbons (Fsp3) is 0.588. The molecule has 0 aliphatic heterocycles. The SMILES string of the molecule is CC1CCC(c2ccc(CC(C)C(=O)O)cc2Cl)CC1. The second kappa shape index (κ2) is 6.62. The summed E-state index contributed by atoms with van der Waals surface area (Å²) >= 11 is 6.41. The molecule has 1 aromatic carbocycles. The molecule has 1 aromatic rings. The Bertz CT molecular complexity index is 476. The Hall–Kier alpha value is -1.02. The fourth-order valence-corrected chi connectivity index (χ4v) is 3.40. The van der Waals surface area contributed by atoms with Gasteiger partial charge in [-0.05, 0) is 48.3 Å². The van der Waals surface area contributed by atoms with Crippen molar-refractivity contribution in [2.75, 3.05) is 0 Å². The van der Waals surface area contributed by atoms with E-state index < -0.39 is 5.97 Å². The molecule has 0 heterocycles. The molecule has 1 N–H and O–H groups in total. The number of carboxylic acids is 1. The van der Waals surface area contributed by atoms with E-state index in [1.165, 1.54) is 31.2 Å². The first-order valence-electron chi connectivity index (χ1n) is 7.48. The van der Waals surface area contributed by atoms with Crippen molar-refractivity contribution in [2.24, 2.45) is 11.8 Å². The average molecular weight is 295 g/mol. The molecule has 1 unspecified atom stereocenters. The van der Waals surface area contributed by atoms with Crippen LogP contribution in [0.3, 0.4) is 0 Å². The Morgan fingerprint density at radius 1 is 1.35 bits per heavy atom. The van der Waals surface area contributed by atoms with E-state index in [1.807, 2.05) is 12.1 Å². The standard InChI is InChI=1S/C17H23ClO2/c1-11-3-6-14(7-4-11)15-8-5-13(10-16(15)18)9-12(2)17(19)20/h5,8,10-12,14H,3-4,6-7,9H2,1-2H3,(H,19,20). The van der Waals surface area contributed by atoms with E-state index in [2.05, 4.69) is 13.0 Å². The number of hydrogen-bond donors (Lipinski definition) is 1. The minimum atomic E-state index is -0.758. The molecule has 110 valence electrons. The lowest BCUT2D eigenvalue weighted by Gasteiger charge is -2.27. The van der Waals surface area contributed by atoms with Gasteiger partial charge >= 0.3 is 5.97 Å². The van der Waals surface area contributed by atoms with Gasteiger partial charge in [0.25, 0.3) is 0 Å². The monoisotopic (exact) mass is 294 g/mol. The molecule has 0 saturated heterocycles. The zero-order chi connectivity index (χ0) is 14.7. The maximum atomic E-state index is 10.9. The van der Waals surface area contributed by atoms with Gasteiger partial charge in [0.1, 0.15) is 0 Å². The van der Waals surface area contributed by atoms with Crippen LogP contribution in [-0.4, -0.2) is 11.1 Å². The zero-order valence-corrected chi connectivity index (χ0v) is 13.0. The van der Waals surface area contributed by atoms with Gasteiger partial charge in [0, 0.05) is 5.02 Å². The highest BCUT2D eigenvalue weighted by atomic mass is 35.5. The van der Waals surface area contributed by atoms with Gasteiger partial charge in [-0.1, -0.05) is 50.4 Å². The van der Waals surface area contributed by atoms with Crippen LogP contribution >= 0.6 is 11.6 Å². The van der Waals surface area contributed by atoms with Gasteiger partial charge in [-0.25, -0.2) is 0 Å². The molecule has 1 fully saturated rings. The topological polar surface area (TPSA) is 37.3 Å². The van der Waals surface area contributed by atoms with E-state index in [1.54, 1.807) is 6.92 Å². The Kier molecular flexibility index (Phi) is 5.09. The molecule has 1 aliphatic carbocycles. The Balaban J connectivity index is 2.08. The van der Waals surface area contributed by atoms with Gasteiger partial charge in [-0.15, -0.1) is 0 Å². The summed E-state index contributed by atoms with van der Waals surface area (Å²) in [5.74, 6) is 0.282. The third-order valence-corrected chi connectivity index (χ3v) is 4.81. The molecule has 2 nitrogen and oxygen atoms in total. The normalized spacial score (nSPS) is 24.4. The molecule has 1 saturated carbocycles. The second-order valence-corrected chi connectivity index (χ2v) is 6.66. The van der Waals surface area contributed by atoms with Crippen LogP contribution in [0, 0.1) is 11.8 Å². The van der Waals surface area contributed by atoms with E-state index >= 15 is 0 Å². The van der Waals surface area contributed by atoms with Crippen LogP contribution < -0.4 is 0 Å². The van der Waals surface area contributed by atoms with E-state index in [0.717, 1.165) is 16.5 Å². The summed E-state index contributed by atoms with van der Waals surface area (Å²) in [7, 11) is 0. The van der Waals surface area contributed by atoms with E-state index in [-0.39, 0.29) is 5.92 Å². The quantitative estimate of drug-likeness (QED) is 0.858. The molecule has 1 aliphatic rings. The number of benzene rings is 1. The Labute approximate surface area is 126 Å². The lowest BCUT2D eigenvalue weighted by Crippen LogP contribution is -2.13. The summed E-state index contributed by atoms with van der Waals surface area (Å²) in [5, 5.41) is 9.77. The summed E-state index contributed by atoms with van der Waals surface area (Å²) < 4.78 is 0. The molecule has 0 aromatic heterocycles. The molecule has 0 bridgehead atoms. The zero-order valence-electron chi connectivity index (χ0n) is 12.2. The van der Waals surface area contributed by atoms with Crippen molar-refractivity contribution in [1.82, 2.24) is 0 Å². The van der Waals surface area contributed by atoms with Crippen molar-refractivity contribution >= 4 is 17.6 Å². The lowest BCUT2D eigenvalue weighted by atomic mass is 9.79. The van der Waals surface area contributed by atoms with Crippen LogP contribution in [0.2, 0.25) is 5.02 Å². The van der Waals surface area contributed by atoms with Crippen molar-refractivity contribution < 1.29 is 9.90 Å². The van der Waals surface area contributed by atoms with E-state index in [9.17, 15) is 4.79 Å². The minimum absolute atomic E-state index is 0.368. The van der Waals surface area contributed by atoms with Crippen molar-refractivity contribution in [2.45, 2.75) is 51.9 Å². The van der Waals surface area contributed by atoms with Crippen molar-refractivity contribution in [3.63, 3.8) is 0 Å². The average Bonchev–Trinajstić information content (AvgIpc) is 2.40. The maximum Gasteiger partial charge on any atom is 0.306 e. The first-order chi connectivity index (χ1) is 9.47. The first-order valence-corrected chi connectivity index (χ1v) is 7.86. The van der Waals surface area contributed by atoms with Crippen LogP contribution in [0.25, 0.3) is 0 Å². The fourth-order valence-electron chi connectivity index (χ4n) is 3.04. The lowest BCUT2D eigenvalue weighted by molar-refractivity contribution is -0.141. The number of hydrogen-bond acceptors (Lipinski definition) is 1. The molecule has 0 amide bonds. The highest BCUT2D eigenvalue weighted by molar-refractivity contribution is 6.31. The molecule has 1 atom stereocenters. The van der Waals surface area contributed by atoms with Gasteiger partial charge in [0.05, 0.1) is 5.92 Å². The smallest absolute Gasteiger partial charge is 0.306 e. The first kappa shape index (κ1) is 15.4. The van der Waals surface area contributed by atoms with Crippen LogP contribution in [-0.2, 0) is 11.2 Å². The minimum Gasteiger partial charge on any atom is -0.481 e. The molecule has 2 rings (SSSR count). The van der Waals surface area contributed by atoms with Crippen LogP contribution in [0.15, 0.2) is 18.2 Å².